The van der Waals surface area contributed by atoms with E-state index >= 15 is 0 Å². The zero-order valence-electron chi connectivity index (χ0n) is 12.4. The normalized spacial score (nSPS) is 15.7. The van der Waals surface area contributed by atoms with Crippen LogP contribution in [-0.2, 0) is 13.1 Å². The second-order valence-corrected chi connectivity index (χ2v) is 5.67. The van der Waals surface area contributed by atoms with E-state index in [1.165, 1.54) is 11.1 Å². The fraction of sp³-hybridized carbons (Fsp3) is 0.294. The smallest absolute Gasteiger partial charge is 0.279 e. The first-order valence-corrected chi connectivity index (χ1v) is 7.58. The molecule has 0 aliphatic carbocycles. The number of nitrogens with zero attached hydrogens (tertiary/aromatic N) is 4. The number of hydrogen-bond acceptors (Lipinski definition) is 3. The van der Waals surface area contributed by atoms with Gasteiger partial charge in [0.1, 0.15) is 5.35 Å². The zero-order chi connectivity index (χ0) is 15.1. The van der Waals surface area contributed by atoms with Crippen LogP contribution in [0.3, 0.4) is 0 Å². The van der Waals surface area contributed by atoms with Crippen LogP contribution >= 0.6 is 0 Å². The van der Waals surface area contributed by atoms with Crippen molar-refractivity contribution in [3.05, 3.63) is 69.4 Å². The van der Waals surface area contributed by atoms with E-state index in [4.69, 9.17) is 4.99 Å². The lowest BCUT2D eigenvalue weighted by Gasteiger charge is -2.26. The number of imidazole rings is 1. The van der Waals surface area contributed by atoms with Gasteiger partial charge in [-0.25, -0.2) is 9.67 Å². The fourth-order valence-corrected chi connectivity index (χ4v) is 3.25. The molecule has 5 heteroatoms. The quantitative estimate of drug-likeness (QED) is 0.740. The van der Waals surface area contributed by atoms with E-state index in [9.17, 15) is 4.79 Å². The monoisotopic (exact) mass is 294 g/mol. The van der Waals surface area contributed by atoms with Crippen molar-refractivity contribution in [2.75, 3.05) is 18.1 Å². The van der Waals surface area contributed by atoms with E-state index < -0.39 is 0 Å². The molecule has 2 aliphatic heterocycles. The molecule has 1 aromatic heterocycles. The van der Waals surface area contributed by atoms with Gasteiger partial charge in [-0.15, -0.1) is 6.58 Å². The second kappa shape index (κ2) is 5.02. The molecule has 0 fully saturated rings. The Bertz CT molecular complexity index is 919. The van der Waals surface area contributed by atoms with Crippen molar-refractivity contribution in [2.45, 2.75) is 19.5 Å². The highest BCUT2D eigenvalue weighted by atomic mass is 16.1. The highest BCUT2D eigenvalue weighted by Gasteiger charge is 2.20. The molecule has 22 heavy (non-hydrogen) atoms. The minimum atomic E-state index is 0.0456. The highest BCUT2D eigenvalue weighted by molar-refractivity contribution is 5.30. The molecule has 2 aliphatic rings. The lowest BCUT2D eigenvalue weighted by molar-refractivity contribution is 0.550. The maximum absolute atomic E-state index is 12.8. The number of hydrogen-bond donors (Lipinski definition) is 0. The van der Waals surface area contributed by atoms with E-state index in [-0.39, 0.29) is 5.56 Å². The fourth-order valence-electron chi connectivity index (χ4n) is 3.25. The molecule has 1 aromatic carbocycles. The minimum Gasteiger partial charge on any atom is -0.305 e. The molecule has 112 valence electrons. The molecule has 0 unspecified atom stereocenters. The van der Waals surface area contributed by atoms with E-state index in [0.717, 1.165) is 23.9 Å². The third-order valence-electron chi connectivity index (χ3n) is 4.31. The first-order chi connectivity index (χ1) is 10.8. The van der Waals surface area contributed by atoms with Gasteiger partial charge >= 0.3 is 0 Å². The Balaban J connectivity index is 1.98. The van der Waals surface area contributed by atoms with Gasteiger partial charge in [-0.2, -0.15) is 0 Å². The van der Waals surface area contributed by atoms with Gasteiger partial charge in [0.15, 0.2) is 0 Å². The molecule has 0 amide bonds. The summed E-state index contributed by atoms with van der Waals surface area (Å²) >= 11 is 0. The average molecular weight is 294 g/mol. The van der Waals surface area contributed by atoms with Crippen LogP contribution < -0.4 is 21.5 Å². The molecular weight excluding hydrogens is 276 g/mol. The van der Waals surface area contributed by atoms with Crippen LogP contribution in [0.2, 0.25) is 0 Å². The van der Waals surface area contributed by atoms with Crippen molar-refractivity contribution >= 4 is 6.08 Å². The summed E-state index contributed by atoms with van der Waals surface area (Å²) in [5, 5.41) is 2.86. The van der Waals surface area contributed by atoms with Crippen LogP contribution in [0.5, 0.6) is 0 Å². The molecule has 0 saturated carbocycles. The average Bonchev–Trinajstić information content (AvgIpc) is 2.71. The topological polar surface area (TPSA) is 42.5 Å². The van der Waals surface area contributed by atoms with Gasteiger partial charge in [0.25, 0.3) is 5.56 Å². The Morgan fingerprint density at radius 2 is 2.09 bits per heavy atom. The molecule has 0 radical (unpaired) electrons. The SMILES string of the molecule is C=CCN1CCC=c2c(=O)n3c(n21)=NCc1ccccc1C3. The minimum absolute atomic E-state index is 0.0456. The second-order valence-electron chi connectivity index (χ2n) is 5.67. The zero-order valence-corrected chi connectivity index (χ0v) is 12.4. The Morgan fingerprint density at radius 3 is 2.91 bits per heavy atom. The summed E-state index contributed by atoms with van der Waals surface area (Å²) in [6, 6.07) is 8.20. The van der Waals surface area contributed by atoms with Gasteiger partial charge in [0.05, 0.1) is 19.6 Å². The lowest BCUT2D eigenvalue weighted by Crippen LogP contribution is -2.51. The summed E-state index contributed by atoms with van der Waals surface area (Å²) in [4.78, 5) is 17.5. The van der Waals surface area contributed by atoms with Crippen LogP contribution in [-0.4, -0.2) is 22.3 Å². The van der Waals surface area contributed by atoms with Gasteiger partial charge in [0.2, 0.25) is 5.62 Å². The van der Waals surface area contributed by atoms with E-state index in [0.29, 0.717) is 19.6 Å². The van der Waals surface area contributed by atoms with Crippen LogP contribution in [0.1, 0.15) is 17.5 Å². The molecular formula is C17H18N4O. The largest absolute Gasteiger partial charge is 0.305 e. The molecule has 0 N–H and O–H groups in total. The Labute approximate surface area is 128 Å². The molecule has 4 rings (SSSR count). The summed E-state index contributed by atoms with van der Waals surface area (Å²) in [5.41, 5.74) is 3.15. The van der Waals surface area contributed by atoms with Gasteiger partial charge in [-0.1, -0.05) is 36.4 Å². The van der Waals surface area contributed by atoms with Gasteiger partial charge in [0, 0.05) is 6.54 Å². The molecule has 0 spiro atoms. The Morgan fingerprint density at radius 1 is 1.27 bits per heavy atom. The van der Waals surface area contributed by atoms with Gasteiger partial charge in [-0.3, -0.25) is 9.36 Å². The van der Waals surface area contributed by atoms with Crippen molar-refractivity contribution < 1.29 is 0 Å². The molecule has 0 bridgehead atoms. The maximum Gasteiger partial charge on any atom is 0.279 e. The predicted molar refractivity (Wildman–Crippen MR) is 86.0 cm³/mol. The third kappa shape index (κ3) is 1.85. The van der Waals surface area contributed by atoms with Crippen molar-refractivity contribution in [3.8, 4) is 0 Å². The standard InChI is InChI=1S/C17H18N4O/c1-2-9-19-10-5-8-15-16(22)20-12-14-7-4-3-6-13(14)11-18-17(20)21(15)19/h2-4,6-8H,1,5,9-12H2. The number of fused-ring (bicyclic) bond motifs is 4. The first kappa shape index (κ1) is 13.1. The molecule has 0 atom stereocenters. The summed E-state index contributed by atoms with van der Waals surface area (Å²) in [6.45, 7) is 6.61. The van der Waals surface area contributed by atoms with Crippen molar-refractivity contribution in [1.29, 1.82) is 0 Å². The van der Waals surface area contributed by atoms with Crippen molar-refractivity contribution in [2.24, 2.45) is 4.99 Å². The number of rotatable bonds is 2. The number of benzene rings is 1. The van der Waals surface area contributed by atoms with Crippen LogP contribution in [0.4, 0.5) is 0 Å². The first-order valence-electron chi connectivity index (χ1n) is 7.58. The molecule has 2 aromatic rings. The molecule has 5 nitrogen and oxygen atoms in total. The Hall–Kier alpha value is -2.56. The van der Waals surface area contributed by atoms with Crippen LogP contribution in [0.15, 0.2) is 46.7 Å². The highest BCUT2D eigenvalue weighted by Crippen LogP contribution is 2.12. The van der Waals surface area contributed by atoms with Gasteiger partial charge < -0.3 is 5.01 Å². The summed E-state index contributed by atoms with van der Waals surface area (Å²) in [5.74, 6) is 0. The maximum atomic E-state index is 12.8. The predicted octanol–water partition coefficient (Wildman–Crippen LogP) is 0.140. The van der Waals surface area contributed by atoms with E-state index in [1.54, 1.807) is 4.57 Å². The van der Waals surface area contributed by atoms with E-state index in [2.05, 4.69) is 23.7 Å². The Kier molecular flexibility index (Phi) is 2.99. The van der Waals surface area contributed by atoms with Crippen LogP contribution in [0, 0.1) is 0 Å². The molecule has 0 saturated heterocycles. The summed E-state index contributed by atoms with van der Waals surface area (Å²) < 4.78 is 3.76. The summed E-state index contributed by atoms with van der Waals surface area (Å²) in [7, 11) is 0. The summed E-state index contributed by atoms with van der Waals surface area (Å²) in [6.07, 6.45) is 4.76. The molecule has 3 heterocycles. The number of aromatic nitrogens is 2. The van der Waals surface area contributed by atoms with E-state index in [1.807, 2.05) is 29.0 Å². The van der Waals surface area contributed by atoms with Crippen LogP contribution in [0.25, 0.3) is 6.08 Å². The third-order valence-corrected chi connectivity index (χ3v) is 4.31. The van der Waals surface area contributed by atoms with Crippen molar-refractivity contribution in [1.82, 2.24) is 9.24 Å². The van der Waals surface area contributed by atoms with Gasteiger partial charge in [-0.05, 0) is 17.5 Å². The lowest BCUT2D eigenvalue weighted by atomic mass is 10.1. The van der Waals surface area contributed by atoms with Crippen molar-refractivity contribution in [3.63, 3.8) is 0 Å².